The zero-order valence-corrected chi connectivity index (χ0v) is 7.75. The summed E-state index contributed by atoms with van der Waals surface area (Å²) in [7, 11) is 0. The first kappa shape index (κ1) is 9.02. The summed E-state index contributed by atoms with van der Waals surface area (Å²) in [6, 6.07) is 5.80. The van der Waals surface area contributed by atoms with Crippen LogP contribution in [0.25, 0.3) is 11.3 Å². The molecule has 0 saturated carbocycles. The maximum Gasteiger partial charge on any atom is 0.173 e. The molecule has 2 aromatic rings. The first-order valence-corrected chi connectivity index (χ1v) is 4.23. The van der Waals surface area contributed by atoms with Gasteiger partial charge < -0.3 is 10.3 Å². The van der Waals surface area contributed by atoms with Crippen LogP contribution < -0.4 is 5.73 Å². The van der Waals surface area contributed by atoms with Gasteiger partial charge >= 0.3 is 0 Å². The van der Waals surface area contributed by atoms with Crippen LogP contribution in [-0.4, -0.2) is 5.16 Å². The van der Waals surface area contributed by atoms with Crippen LogP contribution in [0, 0.1) is 5.82 Å². The molecule has 1 aromatic carbocycles. The summed E-state index contributed by atoms with van der Waals surface area (Å²) < 4.78 is 18.1. The predicted octanol–water partition coefficient (Wildman–Crippen LogP) is 2.72. The standard InChI is InChI=1S/C9H6ClFN2O/c10-5-2-1-3-6(11)9(5)7-4-8(12)13-14-7/h1-4H,(H2,12,13). The van der Waals surface area contributed by atoms with Gasteiger partial charge in [0.25, 0.3) is 0 Å². The molecule has 2 N–H and O–H groups in total. The third kappa shape index (κ3) is 1.44. The molecule has 0 aliphatic carbocycles. The van der Waals surface area contributed by atoms with E-state index >= 15 is 0 Å². The monoisotopic (exact) mass is 212 g/mol. The van der Waals surface area contributed by atoms with Gasteiger partial charge in [0.05, 0.1) is 10.6 Å². The van der Waals surface area contributed by atoms with E-state index in [1.807, 2.05) is 0 Å². The molecule has 0 unspecified atom stereocenters. The summed E-state index contributed by atoms with van der Waals surface area (Å²) in [6.07, 6.45) is 0. The number of aromatic nitrogens is 1. The first-order valence-electron chi connectivity index (χ1n) is 3.85. The van der Waals surface area contributed by atoms with Gasteiger partial charge in [-0.25, -0.2) is 4.39 Å². The van der Waals surface area contributed by atoms with Gasteiger partial charge in [0, 0.05) is 6.07 Å². The Balaban J connectivity index is 2.61. The normalized spacial score (nSPS) is 10.4. The molecule has 5 heteroatoms. The van der Waals surface area contributed by atoms with Gasteiger partial charge in [0.2, 0.25) is 0 Å². The second kappa shape index (κ2) is 3.31. The van der Waals surface area contributed by atoms with Crippen molar-refractivity contribution in [2.24, 2.45) is 0 Å². The fraction of sp³-hybridized carbons (Fsp3) is 0. The minimum atomic E-state index is -0.464. The lowest BCUT2D eigenvalue weighted by atomic mass is 10.1. The second-order valence-electron chi connectivity index (χ2n) is 2.71. The number of rotatable bonds is 1. The number of nitrogen functional groups attached to an aromatic ring is 1. The molecule has 0 bridgehead atoms. The second-order valence-corrected chi connectivity index (χ2v) is 3.12. The molecule has 0 aliphatic heterocycles. The summed E-state index contributed by atoms with van der Waals surface area (Å²) in [4.78, 5) is 0. The molecule has 1 aromatic heterocycles. The Morgan fingerprint density at radius 1 is 1.43 bits per heavy atom. The van der Waals surface area contributed by atoms with E-state index in [0.29, 0.717) is 0 Å². The highest BCUT2D eigenvalue weighted by molar-refractivity contribution is 6.33. The number of nitrogens with zero attached hydrogens (tertiary/aromatic N) is 1. The molecule has 72 valence electrons. The van der Waals surface area contributed by atoms with Gasteiger partial charge in [0.1, 0.15) is 5.82 Å². The summed E-state index contributed by atoms with van der Waals surface area (Å²) in [5, 5.41) is 3.72. The van der Waals surface area contributed by atoms with E-state index < -0.39 is 5.82 Å². The molecule has 0 fully saturated rings. The molecule has 0 atom stereocenters. The molecular weight excluding hydrogens is 207 g/mol. The van der Waals surface area contributed by atoms with E-state index in [0.717, 1.165) is 0 Å². The van der Waals surface area contributed by atoms with E-state index in [1.54, 1.807) is 6.07 Å². The van der Waals surface area contributed by atoms with E-state index in [4.69, 9.17) is 21.9 Å². The highest BCUT2D eigenvalue weighted by atomic mass is 35.5. The zero-order chi connectivity index (χ0) is 10.1. The van der Waals surface area contributed by atoms with Crippen LogP contribution in [0.3, 0.4) is 0 Å². The highest BCUT2D eigenvalue weighted by Crippen LogP contribution is 2.31. The fourth-order valence-corrected chi connectivity index (χ4v) is 1.40. The van der Waals surface area contributed by atoms with Gasteiger partial charge in [-0.05, 0) is 12.1 Å². The van der Waals surface area contributed by atoms with Gasteiger partial charge in [-0.2, -0.15) is 0 Å². The van der Waals surface area contributed by atoms with E-state index in [1.165, 1.54) is 18.2 Å². The smallest absolute Gasteiger partial charge is 0.173 e. The number of hydrogen-bond acceptors (Lipinski definition) is 3. The fourth-order valence-electron chi connectivity index (χ4n) is 1.14. The average molecular weight is 213 g/mol. The Morgan fingerprint density at radius 2 is 2.21 bits per heavy atom. The largest absolute Gasteiger partial charge is 0.381 e. The van der Waals surface area contributed by atoms with Crippen LogP contribution in [0.5, 0.6) is 0 Å². The lowest BCUT2D eigenvalue weighted by Gasteiger charge is -1.99. The van der Waals surface area contributed by atoms with E-state index in [-0.39, 0.29) is 22.2 Å². The molecule has 0 spiro atoms. The van der Waals surface area contributed by atoms with Crippen LogP contribution >= 0.6 is 11.6 Å². The molecule has 1 heterocycles. The van der Waals surface area contributed by atoms with Crippen molar-refractivity contribution < 1.29 is 8.91 Å². The lowest BCUT2D eigenvalue weighted by molar-refractivity contribution is 0.433. The van der Waals surface area contributed by atoms with Crippen molar-refractivity contribution in [2.75, 3.05) is 5.73 Å². The van der Waals surface area contributed by atoms with Crippen LogP contribution in [0.1, 0.15) is 0 Å². The summed E-state index contributed by atoms with van der Waals surface area (Å²) in [6.45, 7) is 0. The molecule has 0 amide bonds. The van der Waals surface area contributed by atoms with Crippen molar-refractivity contribution in [2.45, 2.75) is 0 Å². The Labute approximate surface area is 84.3 Å². The minimum Gasteiger partial charge on any atom is -0.381 e. The maximum atomic E-state index is 13.3. The van der Waals surface area contributed by atoms with Gasteiger partial charge in [-0.1, -0.05) is 22.8 Å². The van der Waals surface area contributed by atoms with Crippen molar-refractivity contribution in [1.82, 2.24) is 5.16 Å². The third-order valence-electron chi connectivity index (χ3n) is 1.74. The van der Waals surface area contributed by atoms with Gasteiger partial charge in [-0.3, -0.25) is 0 Å². The maximum absolute atomic E-state index is 13.3. The first-order chi connectivity index (χ1) is 6.68. The number of anilines is 1. The topological polar surface area (TPSA) is 52.0 Å². The highest BCUT2D eigenvalue weighted by Gasteiger charge is 2.13. The molecule has 14 heavy (non-hydrogen) atoms. The summed E-state index contributed by atoms with van der Waals surface area (Å²) in [5.74, 6) is -0.0430. The number of halogens is 2. The SMILES string of the molecule is Nc1cc(-c2c(F)cccc2Cl)on1. The van der Waals surface area contributed by atoms with Crippen molar-refractivity contribution in [3.8, 4) is 11.3 Å². The molecule has 2 rings (SSSR count). The molecular formula is C9H6ClFN2O. The Hall–Kier alpha value is -1.55. The predicted molar refractivity (Wildman–Crippen MR) is 51.3 cm³/mol. The third-order valence-corrected chi connectivity index (χ3v) is 2.05. The van der Waals surface area contributed by atoms with E-state index in [9.17, 15) is 4.39 Å². The van der Waals surface area contributed by atoms with Crippen LogP contribution in [-0.2, 0) is 0 Å². The van der Waals surface area contributed by atoms with Crippen molar-refractivity contribution in [3.05, 3.63) is 35.1 Å². The van der Waals surface area contributed by atoms with E-state index in [2.05, 4.69) is 5.16 Å². The van der Waals surface area contributed by atoms with Gasteiger partial charge in [-0.15, -0.1) is 0 Å². The van der Waals surface area contributed by atoms with Crippen LogP contribution in [0.15, 0.2) is 28.8 Å². The minimum absolute atomic E-state index is 0.179. The van der Waals surface area contributed by atoms with Crippen LogP contribution in [0.4, 0.5) is 10.2 Å². The van der Waals surface area contributed by atoms with Crippen molar-refractivity contribution in [1.29, 1.82) is 0 Å². The Kier molecular flexibility index (Phi) is 2.13. The number of benzene rings is 1. The number of hydrogen-bond donors (Lipinski definition) is 1. The number of nitrogens with two attached hydrogens (primary N) is 1. The molecule has 0 saturated heterocycles. The zero-order valence-electron chi connectivity index (χ0n) is 7.00. The summed E-state index contributed by atoms with van der Waals surface area (Å²) >= 11 is 5.80. The van der Waals surface area contributed by atoms with Gasteiger partial charge in [0.15, 0.2) is 11.6 Å². The molecule has 0 aliphatic rings. The molecule has 3 nitrogen and oxygen atoms in total. The average Bonchev–Trinajstić information content (AvgIpc) is 2.51. The van der Waals surface area contributed by atoms with Crippen LogP contribution in [0.2, 0.25) is 5.02 Å². The van der Waals surface area contributed by atoms with Crippen molar-refractivity contribution >= 4 is 17.4 Å². The molecule has 0 radical (unpaired) electrons. The Morgan fingerprint density at radius 3 is 2.79 bits per heavy atom. The summed E-state index contributed by atoms with van der Waals surface area (Å²) in [5.41, 5.74) is 5.52. The van der Waals surface area contributed by atoms with Crippen molar-refractivity contribution in [3.63, 3.8) is 0 Å². The quantitative estimate of drug-likeness (QED) is 0.791. The lowest BCUT2D eigenvalue weighted by Crippen LogP contribution is -1.83. The Bertz CT molecular complexity index is 449.